The first kappa shape index (κ1) is 27.6. The lowest BCUT2D eigenvalue weighted by molar-refractivity contribution is 0.122. The fourth-order valence-electron chi connectivity index (χ4n) is 5.37. The van der Waals surface area contributed by atoms with Crippen molar-refractivity contribution in [3.63, 3.8) is 0 Å². The van der Waals surface area contributed by atoms with Crippen molar-refractivity contribution in [2.24, 2.45) is 0 Å². The van der Waals surface area contributed by atoms with Crippen LogP contribution in [0.4, 0.5) is 17.7 Å². The first-order valence-corrected chi connectivity index (χ1v) is 14.3. The highest BCUT2D eigenvalue weighted by atomic mass is 16.5. The number of nitrogen functional groups attached to an aromatic ring is 1. The molecule has 12 nitrogen and oxygen atoms in total. The minimum absolute atomic E-state index is 0.125. The molecule has 3 aromatic heterocycles. The van der Waals surface area contributed by atoms with Crippen molar-refractivity contribution in [3.05, 3.63) is 95.6 Å². The number of nitriles is 2. The number of nitrogens with zero attached hydrogens (tertiary/aromatic N) is 8. The molecule has 7 rings (SSSR count). The zero-order valence-corrected chi connectivity index (χ0v) is 24.0. The third-order valence-electron chi connectivity index (χ3n) is 7.55. The fourth-order valence-corrected chi connectivity index (χ4v) is 5.37. The highest BCUT2D eigenvalue weighted by Crippen LogP contribution is 2.36. The Kier molecular flexibility index (Phi) is 7.23. The van der Waals surface area contributed by atoms with Crippen LogP contribution in [-0.4, -0.2) is 50.6 Å². The van der Waals surface area contributed by atoms with E-state index in [-0.39, 0.29) is 23.0 Å². The molecule has 0 spiro atoms. The fraction of sp³-hybridized carbons (Fsp3) is 0.152. The van der Waals surface area contributed by atoms with Crippen LogP contribution in [0, 0.1) is 22.7 Å². The van der Waals surface area contributed by atoms with E-state index in [1.54, 1.807) is 28.7 Å². The van der Waals surface area contributed by atoms with Crippen molar-refractivity contribution in [2.45, 2.75) is 6.54 Å². The van der Waals surface area contributed by atoms with Gasteiger partial charge in [0.25, 0.3) is 0 Å². The number of para-hydroxylation sites is 2. The van der Waals surface area contributed by atoms with E-state index >= 15 is 0 Å². The molecule has 0 saturated carbocycles. The van der Waals surface area contributed by atoms with Gasteiger partial charge < -0.3 is 25.4 Å². The molecule has 6 aromatic rings. The van der Waals surface area contributed by atoms with Crippen LogP contribution in [-0.2, 0) is 11.3 Å². The van der Waals surface area contributed by atoms with E-state index in [1.807, 2.05) is 59.5 Å². The van der Waals surface area contributed by atoms with Crippen LogP contribution in [0.2, 0.25) is 0 Å². The predicted molar refractivity (Wildman–Crippen MR) is 169 cm³/mol. The van der Waals surface area contributed by atoms with Gasteiger partial charge >= 0.3 is 6.01 Å². The van der Waals surface area contributed by atoms with Gasteiger partial charge in [0.2, 0.25) is 11.9 Å². The molecule has 0 atom stereocenters. The number of hydrogen-bond acceptors (Lipinski definition) is 11. The number of rotatable bonds is 7. The highest BCUT2D eigenvalue weighted by Gasteiger charge is 2.23. The third kappa shape index (κ3) is 5.27. The van der Waals surface area contributed by atoms with Crippen LogP contribution < -0.4 is 20.7 Å². The van der Waals surface area contributed by atoms with Gasteiger partial charge in [-0.25, -0.2) is 4.98 Å². The molecule has 3 aromatic carbocycles. The van der Waals surface area contributed by atoms with E-state index < -0.39 is 0 Å². The summed E-state index contributed by atoms with van der Waals surface area (Å²) in [7, 11) is 0. The number of imidazole rings is 1. The molecule has 0 amide bonds. The Morgan fingerprint density at radius 2 is 1.58 bits per heavy atom. The van der Waals surface area contributed by atoms with Gasteiger partial charge in [-0.05, 0) is 35.4 Å². The number of aromatic nitrogens is 5. The Bertz CT molecular complexity index is 2110. The van der Waals surface area contributed by atoms with Crippen LogP contribution in [0.1, 0.15) is 16.7 Å². The monoisotopic (exact) mass is 594 g/mol. The number of anilines is 3. The van der Waals surface area contributed by atoms with E-state index in [0.717, 1.165) is 11.1 Å². The second-order valence-electron chi connectivity index (χ2n) is 10.3. The average Bonchev–Trinajstić information content (AvgIpc) is 3.48. The summed E-state index contributed by atoms with van der Waals surface area (Å²) in [5, 5.41) is 23.6. The molecule has 1 fully saturated rings. The number of morpholine rings is 1. The number of pyridine rings is 1. The Balaban J connectivity index is 1.22. The maximum atomic E-state index is 10.2. The smallest absolute Gasteiger partial charge is 0.328 e. The van der Waals surface area contributed by atoms with Crippen molar-refractivity contribution in [3.8, 4) is 35.0 Å². The van der Waals surface area contributed by atoms with Gasteiger partial charge in [-0.1, -0.05) is 54.6 Å². The summed E-state index contributed by atoms with van der Waals surface area (Å²) in [4.78, 5) is 20.4. The standard InChI is InChI=1S/C33H26N10O2/c34-18-24-28(25(19-35)30-38-26-8-4-5-9-27(26)43(30)29(24)36)22-10-12-23(13-11-22)45-33-40-31(37-20-21-6-2-1-3-7-21)39-32(41-33)42-14-16-44-17-15-42/h1-13H,14-17,20,36H2,(H,37,39,40,41). The zero-order valence-electron chi connectivity index (χ0n) is 24.0. The van der Waals surface area contributed by atoms with Crippen molar-refractivity contribution >= 4 is 34.4 Å². The molecule has 0 aliphatic carbocycles. The van der Waals surface area contributed by atoms with Crippen molar-refractivity contribution in [1.82, 2.24) is 24.3 Å². The summed E-state index contributed by atoms with van der Waals surface area (Å²) in [6.45, 7) is 2.99. The third-order valence-corrected chi connectivity index (χ3v) is 7.55. The van der Waals surface area contributed by atoms with Crippen molar-refractivity contribution in [2.75, 3.05) is 42.3 Å². The quantitative estimate of drug-likeness (QED) is 0.258. The van der Waals surface area contributed by atoms with Crippen molar-refractivity contribution in [1.29, 1.82) is 10.5 Å². The van der Waals surface area contributed by atoms with E-state index in [1.165, 1.54) is 0 Å². The lowest BCUT2D eigenvalue weighted by Crippen LogP contribution is -2.37. The topological polar surface area (TPSA) is 163 Å². The van der Waals surface area contributed by atoms with E-state index in [9.17, 15) is 10.5 Å². The molecule has 1 aliphatic heterocycles. The average molecular weight is 595 g/mol. The molecule has 1 saturated heterocycles. The van der Waals surface area contributed by atoms with Gasteiger partial charge in [0, 0.05) is 25.2 Å². The van der Waals surface area contributed by atoms with Crippen molar-refractivity contribution < 1.29 is 9.47 Å². The number of nitrogens with one attached hydrogen (secondary N) is 1. The van der Waals surface area contributed by atoms with Crippen LogP contribution in [0.15, 0.2) is 78.9 Å². The van der Waals surface area contributed by atoms with Gasteiger partial charge in [-0.15, -0.1) is 0 Å². The predicted octanol–water partition coefficient (Wildman–Crippen LogP) is 4.91. The second kappa shape index (κ2) is 11.8. The van der Waals surface area contributed by atoms with E-state index in [0.29, 0.717) is 72.8 Å². The van der Waals surface area contributed by atoms with Gasteiger partial charge in [0.05, 0.1) is 24.2 Å². The minimum Gasteiger partial charge on any atom is -0.424 e. The number of hydrogen-bond donors (Lipinski definition) is 2. The van der Waals surface area contributed by atoms with Gasteiger partial charge in [0.1, 0.15) is 34.8 Å². The van der Waals surface area contributed by atoms with Gasteiger partial charge in [0.15, 0.2) is 5.65 Å². The molecule has 45 heavy (non-hydrogen) atoms. The number of fused-ring (bicyclic) bond motifs is 3. The normalized spacial score (nSPS) is 13.0. The maximum Gasteiger partial charge on any atom is 0.328 e. The number of benzene rings is 3. The molecule has 220 valence electrons. The Labute approximate surface area is 257 Å². The summed E-state index contributed by atoms with van der Waals surface area (Å²) in [6.07, 6.45) is 0. The summed E-state index contributed by atoms with van der Waals surface area (Å²) >= 11 is 0. The van der Waals surface area contributed by atoms with Gasteiger partial charge in [-0.3, -0.25) is 4.40 Å². The van der Waals surface area contributed by atoms with Crippen LogP contribution >= 0.6 is 0 Å². The Morgan fingerprint density at radius 3 is 2.33 bits per heavy atom. The zero-order chi connectivity index (χ0) is 30.8. The van der Waals surface area contributed by atoms with Crippen LogP contribution in [0.5, 0.6) is 11.8 Å². The first-order valence-electron chi connectivity index (χ1n) is 14.3. The summed E-state index contributed by atoms with van der Waals surface area (Å²) in [6, 6.07) is 29.0. The van der Waals surface area contributed by atoms with Crippen LogP contribution in [0.25, 0.3) is 27.8 Å². The lowest BCUT2D eigenvalue weighted by Gasteiger charge is -2.27. The lowest BCUT2D eigenvalue weighted by atomic mass is 9.96. The number of nitrogens with two attached hydrogens (primary N) is 1. The molecule has 1 aliphatic rings. The first-order chi connectivity index (χ1) is 22.1. The highest BCUT2D eigenvalue weighted by molar-refractivity contribution is 5.92. The Hall–Kier alpha value is -6.24. The SMILES string of the molecule is N#Cc1c(-c2ccc(Oc3nc(NCc4ccccc4)nc(N4CCOCC4)n3)cc2)c(C#N)c2nc3ccccc3n2c1N. The molecule has 4 heterocycles. The van der Waals surface area contributed by atoms with E-state index in [4.69, 9.17) is 15.2 Å². The molecule has 0 unspecified atom stereocenters. The minimum atomic E-state index is 0.125. The molecule has 3 N–H and O–H groups in total. The van der Waals surface area contributed by atoms with Crippen LogP contribution in [0.3, 0.4) is 0 Å². The molecule has 12 heteroatoms. The molecule has 0 bridgehead atoms. The summed E-state index contributed by atoms with van der Waals surface area (Å²) in [5.74, 6) is 1.55. The second-order valence-corrected chi connectivity index (χ2v) is 10.3. The summed E-state index contributed by atoms with van der Waals surface area (Å²) in [5.41, 5.74) is 10.9. The van der Waals surface area contributed by atoms with E-state index in [2.05, 4.69) is 37.4 Å². The largest absolute Gasteiger partial charge is 0.424 e. The molecular weight excluding hydrogens is 568 g/mol. The Morgan fingerprint density at radius 1 is 0.844 bits per heavy atom. The number of ether oxygens (including phenoxy) is 2. The molecule has 0 radical (unpaired) electrons. The van der Waals surface area contributed by atoms with Gasteiger partial charge in [-0.2, -0.15) is 25.5 Å². The molecular formula is C33H26N10O2. The maximum absolute atomic E-state index is 10.2. The summed E-state index contributed by atoms with van der Waals surface area (Å²) < 4.78 is 13.3.